The number of benzene rings is 2. The van der Waals surface area contributed by atoms with E-state index in [1.807, 2.05) is 32.0 Å². The molecule has 0 saturated heterocycles. The number of hydrogen-bond donors (Lipinski definition) is 2. The molecule has 0 heterocycles. The smallest absolute Gasteiger partial charge is 0.319 e. The maximum absolute atomic E-state index is 12.2. The number of anilines is 1. The van der Waals surface area contributed by atoms with Gasteiger partial charge in [0.2, 0.25) is 5.75 Å². The molecule has 0 bridgehead atoms. The first kappa shape index (κ1) is 18.4. The van der Waals surface area contributed by atoms with Crippen LogP contribution in [0.2, 0.25) is 0 Å². The standard InChI is InChI=1S/C19H24N2O4/c1-12-7-6-8-15(13(12)2)21-19(22)20-11-14-9-16(23-3)18(25-5)17(10-14)24-4/h6-10H,11H2,1-5H3,(H2,20,21,22). The molecule has 6 nitrogen and oxygen atoms in total. The third-order valence-electron chi connectivity index (χ3n) is 4.03. The van der Waals surface area contributed by atoms with Gasteiger partial charge in [-0.15, -0.1) is 0 Å². The maximum Gasteiger partial charge on any atom is 0.319 e. The van der Waals surface area contributed by atoms with Gasteiger partial charge < -0.3 is 24.8 Å². The first-order valence-electron chi connectivity index (χ1n) is 7.90. The fourth-order valence-corrected chi connectivity index (χ4v) is 2.47. The normalized spacial score (nSPS) is 10.1. The molecule has 0 aliphatic rings. The van der Waals surface area contributed by atoms with Crippen LogP contribution in [0.15, 0.2) is 30.3 Å². The van der Waals surface area contributed by atoms with Crippen molar-refractivity contribution in [1.29, 1.82) is 0 Å². The number of methoxy groups -OCH3 is 3. The minimum atomic E-state index is -0.276. The molecular weight excluding hydrogens is 320 g/mol. The number of rotatable bonds is 6. The zero-order chi connectivity index (χ0) is 18.4. The van der Waals surface area contributed by atoms with Crippen LogP contribution in [-0.4, -0.2) is 27.4 Å². The van der Waals surface area contributed by atoms with Crippen LogP contribution in [0.5, 0.6) is 17.2 Å². The van der Waals surface area contributed by atoms with Crippen LogP contribution in [0, 0.1) is 13.8 Å². The average molecular weight is 344 g/mol. The highest BCUT2D eigenvalue weighted by molar-refractivity contribution is 5.90. The van der Waals surface area contributed by atoms with E-state index >= 15 is 0 Å². The molecule has 2 N–H and O–H groups in total. The van der Waals surface area contributed by atoms with Crippen molar-refractivity contribution in [2.75, 3.05) is 26.6 Å². The fraction of sp³-hybridized carbons (Fsp3) is 0.316. The molecule has 2 aromatic rings. The summed E-state index contributed by atoms with van der Waals surface area (Å²) in [6.45, 7) is 4.31. The Kier molecular flexibility index (Phi) is 6.11. The van der Waals surface area contributed by atoms with Crippen LogP contribution in [0.4, 0.5) is 10.5 Å². The van der Waals surface area contributed by atoms with Gasteiger partial charge in [-0.1, -0.05) is 12.1 Å². The van der Waals surface area contributed by atoms with Crippen LogP contribution in [-0.2, 0) is 6.54 Å². The lowest BCUT2D eigenvalue weighted by Gasteiger charge is -2.15. The second-order valence-corrected chi connectivity index (χ2v) is 5.59. The van der Waals surface area contributed by atoms with E-state index in [1.165, 1.54) is 0 Å². The second-order valence-electron chi connectivity index (χ2n) is 5.59. The Labute approximate surface area is 148 Å². The van der Waals surface area contributed by atoms with Crippen molar-refractivity contribution in [3.05, 3.63) is 47.0 Å². The predicted molar refractivity (Wildman–Crippen MR) is 97.9 cm³/mol. The predicted octanol–water partition coefficient (Wildman–Crippen LogP) is 3.65. The average Bonchev–Trinajstić information content (AvgIpc) is 2.62. The van der Waals surface area contributed by atoms with Crippen LogP contribution >= 0.6 is 0 Å². The minimum absolute atomic E-state index is 0.276. The summed E-state index contributed by atoms with van der Waals surface area (Å²) in [4.78, 5) is 12.2. The molecule has 134 valence electrons. The van der Waals surface area contributed by atoms with Crippen molar-refractivity contribution < 1.29 is 19.0 Å². The van der Waals surface area contributed by atoms with E-state index in [-0.39, 0.29) is 6.03 Å². The van der Waals surface area contributed by atoms with E-state index < -0.39 is 0 Å². The van der Waals surface area contributed by atoms with Crippen LogP contribution in [0.3, 0.4) is 0 Å². The first-order chi connectivity index (χ1) is 12.0. The molecular formula is C19H24N2O4. The molecule has 0 aliphatic heterocycles. The van der Waals surface area contributed by atoms with E-state index in [0.29, 0.717) is 23.8 Å². The summed E-state index contributed by atoms with van der Waals surface area (Å²) in [7, 11) is 4.67. The highest BCUT2D eigenvalue weighted by Gasteiger charge is 2.13. The van der Waals surface area contributed by atoms with Crippen molar-refractivity contribution >= 4 is 11.7 Å². The van der Waals surface area contributed by atoms with Crippen LogP contribution < -0.4 is 24.8 Å². The summed E-state index contributed by atoms with van der Waals surface area (Å²) in [6, 6.07) is 9.13. The number of carbonyl (C=O) groups excluding carboxylic acids is 1. The molecule has 0 unspecified atom stereocenters. The Morgan fingerprint density at radius 1 is 1.00 bits per heavy atom. The molecule has 0 atom stereocenters. The molecule has 2 aromatic carbocycles. The molecule has 0 aromatic heterocycles. The van der Waals surface area contributed by atoms with E-state index in [0.717, 1.165) is 22.4 Å². The number of aryl methyl sites for hydroxylation is 1. The van der Waals surface area contributed by atoms with Gasteiger partial charge in [-0.05, 0) is 48.7 Å². The topological polar surface area (TPSA) is 68.8 Å². The molecule has 0 saturated carbocycles. The van der Waals surface area contributed by atoms with Gasteiger partial charge in [0.05, 0.1) is 21.3 Å². The number of carbonyl (C=O) groups is 1. The highest BCUT2D eigenvalue weighted by atomic mass is 16.5. The Morgan fingerprint density at radius 2 is 1.64 bits per heavy atom. The van der Waals surface area contributed by atoms with Gasteiger partial charge in [-0.2, -0.15) is 0 Å². The Balaban J connectivity index is 2.08. The first-order valence-corrected chi connectivity index (χ1v) is 7.90. The van der Waals surface area contributed by atoms with Gasteiger partial charge >= 0.3 is 6.03 Å². The second kappa shape index (κ2) is 8.28. The highest BCUT2D eigenvalue weighted by Crippen LogP contribution is 2.38. The van der Waals surface area contributed by atoms with Gasteiger partial charge in [0.1, 0.15) is 0 Å². The molecule has 0 radical (unpaired) electrons. The SMILES string of the molecule is COc1cc(CNC(=O)Nc2cccc(C)c2C)cc(OC)c1OC. The van der Waals surface area contributed by atoms with Gasteiger partial charge in [-0.3, -0.25) is 0 Å². The Morgan fingerprint density at radius 3 is 2.20 bits per heavy atom. The quantitative estimate of drug-likeness (QED) is 0.839. The van der Waals surface area contributed by atoms with Crippen molar-refractivity contribution in [2.24, 2.45) is 0 Å². The third-order valence-corrected chi connectivity index (χ3v) is 4.03. The number of hydrogen-bond acceptors (Lipinski definition) is 4. The largest absolute Gasteiger partial charge is 0.493 e. The molecule has 2 amide bonds. The van der Waals surface area contributed by atoms with Gasteiger partial charge in [0.25, 0.3) is 0 Å². The molecule has 25 heavy (non-hydrogen) atoms. The molecule has 2 rings (SSSR count). The Hall–Kier alpha value is -2.89. The zero-order valence-corrected chi connectivity index (χ0v) is 15.2. The van der Waals surface area contributed by atoms with Crippen molar-refractivity contribution in [2.45, 2.75) is 20.4 Å². The fourth-order valence-electron chi connectivity index (χ4n) is 2.47. The van der Waals surface area contributed by atoms with E-state index in [4.69, 9.17) is 14.2 Å². The number of amides is 2. The lowest BCUT2D eigenvalue weighted by atomic mass is 10.1. The summed E-state index contributed by atoms with van der Waals surface area (Å²) in [5.41, 5.74) is 3.81. The van der Waals surface area contributed by atoms with E-state index in [2.05, 4.69) is 10.6 Å². The summed E-state index contributed by atoms with van der Waals surface area (Å²) in [6.07, 6.45) is 0. The number of ether oxygens (including phenoxy) is 3. The molecule has 6 heteroatoms. The zero-order valence-electron chi connectivity index (χ0n) is 15.2. The molecule has 0 aliphatic carbocycles. The van der Waals surface area contributed by atoms with Crippen LogP contribution in [0.25, 0.3) is 0 Å². The number of urea groups is 1. The van der Waals surface area contributed by atoms with Crippen LogP contribution in [0.1, 0.15) is 16.7 Å². The summed E-state index contributed by atoms with van der Waals surface area (Å²) < 4.78 is 15.9. The summed E-state index contributed by atoms with van der Waals surface area (Å²) >= 11 is 0. The minimum Gasteiger partial charge on any atom is -0.493 e. The van der Waals surface area contributed by atoms with Gasteiger partial charge in [0.15, 0.2) is 11.5 Å². The van der Waals surface area contributed by atoms with E-state index in [1.54, 1.807) is 33.5 Å². The van der Waals surface area contributed by atoms with Crippen molar-refractivity contribution in [1.82, 2.24) is 5.32 Å². The summed E-state index contributed by atoms with van der Waals surface area (Å²) in [5.74, 6) is 1.62. The maximum atomic E-state index is 12.2. The lowest BCUT2D eigenvalue weighted by Crippen LogP contribution is -2.28. The summed E-state index contributed by atoms with van der Waals surface area (Å²) in [5, 5.41) is 5.70. The molecule has 0 spiro atoms. The van der Waals surface area contributed by atoms with Gasteiger partial charge in [0, 0.05) is 12.2 Å². The van der Waals surface area contributed by atoms with E-state index in [9.17, 15) is 4.79 Å². The Bertz CT molecular complexity index is 734. The van der Waals surface area contributed by atoms with Crippen molar-refractivity contribution in [3.63, 3.8) is 0 Å². The van der Waals surface area contributed by atoms with Gasteiger partial charge in [-0.25, -0.2) is 4.79 Å². The lowest BCUT2D eigenvalue weighted by molar-refractivity contribution is 0.251. The van der Waals surface area contributed by atoms with Crippen molar-refractivity contribution in [3.8, 4) is 17.2 Å². The molecule has 0 fully saturated rings. The number of nitrogens with one attached hydrogen (secondary N) is 2. The monoisotopic (exact) mass is 344 g/mol. The third kappa shape index (κ3) is 4.35.